The Hall–Kier alpha value is -0.910. The van der Waals surface area contributed by atoms with E-state index in [1.165, 1.54) is 14.8 Å². The standard InChI is InChI=1S/C11H10IN3/c1-7-13-11-5-2-8-6-9(12)3-4-10(8)15(11)14-7/h3-4,6H,2,5H2,1H3. The second kappa shape index (κ2) is 3.30. The van der Waals surface area contributed by atoms with Crippen LogP contribution in [0, 0.1) is 10.5 Å². The molecule has 0 saturated carbocycles. The molecule has 0 amide bonds. The minimum atomic E-state index is 0.858. The lowest BCUT2D eigenvalue weighted by Gasteiger charge is -2.16. The van der Waals surface area contributed by atoms with Gasteiger partial charge < -0.3 is 0 Å². The summed E-state index contributed by atoms with van der Waals surface area (Å²) in [7, 11) is 0. The zero-order valence-corrected chi connectivity index (χ0v) is 10.5. The van der Waals surface area contributed by atoms with Crippen LogP contribution in [0.1, 0.15) is 17.2 Å². The Morgan fingerprint density at radius 1 is 1.33 bits per heavy atom. The summed E-state index contributed by atoms with van der Waals surface area (Å²) in [5, 5.41) is 4.43. The van der Waals surface area contributed by atoms with Crippen molar-refractivity contribution in [2.24, 2.45) is 0 Å². The van der Waals surface area contributed by atoms with Crippen molar-refractivity contribution in [1.82, 2.24) is 14.8 Å². The minimum Gasteiger partial charge on any atom is -0.217 e. The maximum atomic E-state index is 4.43. The molecule has 1 aliphatic heterocycles. The molecule has 1 aromatic heterocycles. The lowest BCUT2D eigenvalue weighted by atomic mass is 10.0. The summed E-state index contributed by atoms with van der Waals surface area (Å²) in [6.45, 7) is 1.94. The summed E-state index contributed by atoms with van der Waals surface area (Å²) >= 11 is 2.35. The van der Waals surface area contributed by atoms with Gasteiger partial charge in [-0.2, -0.15) is 5.10 Å². The van der Waals surface area contributed by atoms with Gasteiger partial charge in [0.25, 0.3) is 0 Å². The van der Waals surface area contributed by atoms with Crippen LogP contribution < -0.4 is 0 Å². The third-order valence-electron chi connectivity index (χ3n) is 2.67. The normalized spacial score (nSPS) is 13.5. The number of aromatic nitrogens is 3. The van der Waals surface area contributed by atoms with Gasteiger partial charge in [-0.05, 0) is 59.7 Å². The van der Waals surface area contributed by atoms with Gasteiger partial charge in [-0.3, -0.25) is 0 Å². The van der Waals surface area contributed by atoms with Crippen molar-refractivity contribution in [3.63, 3.8) is 0 Å². The molecule has 0 bridgehead atoms. The highest BCUT2D eigenvalue weighted by Crippen LogP contribution is 2.24. The van der Waals surface area contributed by atoms with Gasteiger partial charge in [0.15, 0.2) is 0 Å². The fourth-order valence-corrected chi connectivity index (χ4v) is 2.58. The molecular formula is C11H10IN3. The van der Waals surface area contributed by atoms with E-state index in [0.29, 0.717) is 0 Å². The third kappa shape index (κ3) is 1.47. The largest absolute Gasteiger partial charge is 0.217 e. The topological polar surface area (TPSA) is 30.7 Å². The van der Waals surface area contributed by atoms with E-state index < -0.39 is 0 Å². The predicted octanol–water partition coefficient (Wildman–Crippen LogP) is 2.28. The Kier molecular flexibility index (Phi) is 2.05. The number of hydrogen-bond donors (Lipinski definition) is 0. The molecule has 3 nitrogen and oxygen atoms in total. The third-order valence-corrected chi connectivity index (χ3v) is 3.34. The van der Waals surface area contributed by atoms with Crippen LogP contribution in [0.3, 0.4) is 0 Å². The number of benzene rings is 1. The molecule has 2 heterocycles. The van der Waals surface area contributed by atoms with E-state index in [2.05, 4.69) is 50.9 Å². The van der Waals surface area contributed by atoms with Crippen LogP contribution in [0.15, 0.2) is 18.2 Å². The van der Waals surface area contributed by atoms with Gasteiger partial charge in [0.1, 0.15) is 11.6 Å². The first-order chi connectivity index (χ1) is 7.24. The van der Waals surface area contributed by atoms with E-state index in [1.54, 1.807) is 0 Å². The molecule has 0 fully saturated rings. The van der Waals surface area contributed by atoms with Gasteiger partial charge in [0.05, 0.1) is 5.69 Å². The average molecular weight is 311 g/mol. The first-order valence-corrected chi connectivity index (χ1v) is 6.03. The van der Waals surface area contributed by atoms with Crippen LogP contribution in [0.5, 0.6) is 0 Å². The maximum absolute atomic E-state index is 4.43. The summed E-state index contributed by atoms with van der Waals surface area (Å²) in [5.74, 6) is 1.94. The molecule has 0 aliphatic carbocycles. The van der Waals surface area contributed by atoms with Crippen molar-refractivity contribution in [3.8, 4) is 5.69 Å². The number of halogens is 1. The van der Waals surface area contributed by atoms with Crippen LogP contribution in [-0.2, 0) is 12.8 Å². The first kappa shape index (κ1) is 9.33. The molecule has 3 rings (SSSR count). The highest BCUT2D eigenvalue weighted by Gasteiger charge is 2.18. The second-order valence-corrected chi connectivity index (χ2v) is 5.01. The molecule has 0 saturated heterocycles. The van der Waals surface area contributed by atoms with Gasteiger partial charge in [0, 0.05) is 9.99 Å². The molecule has 2 aromatic rings. The lowest BCUT2D eigenvalue weighted by molar-refractivity contribution is 0.721. The molecule has 0 radical (unpaired) electrons. The number of hydrogen-bond acceptors (Lipinski definition) is 2. The van der Waals surface area contributed by atoms with Crippen LogP contribution >= 0.6 is 22.6 Å². The van der Waals surface area contributed by atoms with Crippen LogP contribution in [0.25, 0.3) is 5.69 Å². The summed E-state index contributed by atoms with van der Waals surface area (Å²) in [6, 6.07) is 6.48. The number of nitrogens with zero attached hydrogens (tertiary/aromatic N) is 3. The van der Waals surface area contributed by atoms with Gasteiger partial charge in [-0.25, -0.2) is 9.67 Å². The summed E-state index contributed by atoms with van der Waals surface area (Å²) in [6.07, 6.45) is 2.07. The van der Waals surface area contributed by atoms with Crippen molar-refractivity contribution in [1.29, 1.82) is 0 Å². The zero-order valence-electron chi connectivity index (χ0n) is 8.37. The van der Waals surface area contributed by atoms with Crippen molar-refractivity contribution in [2.45, 2.75) is 19.8 Å². The first-order valence-electron chi connectivity index (χ1n) is 4.95. The highest BCUT2D eigenvalue weighted by molar-refractivity contribution is 14.1. The Morgan fingerprint density at radius 3 is 3.07 bits per heavy atom. The molecular weight excluding hydrogens is 301 g/mol. The zero-order chi connectivity index (χ0) is 10.4. The maximum Gasteiger partial charge on any atom is 0.148 e. The van der Waals surface area contributed by atoms with Crippen LogP contribution in [0.2, 0.25) is 0 Å². The smallest absolute Gasteiger partial charge is 0.148 e. The van der Waals surface area contributed by atoms with E-state index in [1.807, 2.05) is 11.6 Å². The van der Waals surface area contributed by atoms with Crippen molar-refractivity contribution < 1.29 is 0 Å². The van der Waals surface area contributed by atoms with Gasteiger partial charge >= 0.3 is 0 Å². The fourth-order valence-electron chi connectivity index (χ4n) is 2.02. The van der Waals surface area contributed by atoms with Gasteiger partial charge in [0.2, 0.25) is 0 Å². The Morgan fingerprint density at radius 2 is 2.20 bits per heavy atom. The van der Waals surface area contributed by atoms with E-state index in [-0.39, 0.29) is 0 Å². The van der Waals surface area contributed by atoms with Crippen LogP contribution in [-0.4, -0.2) is 14.8 Å². The van der Waals surface area contributed by atoms with Crippen molar-refractivity contribution in [2.75, 3.05) is 0 Å². The summed E-state index contributed by atoms with van der Waals surface area (Å²) < 4.78 is 3.26. The summed E-state index contributed by atoms with van der Waals surface area (Å²) in [5.41, 5.74) is 2.57. The van der Waals surface area contributed by atoms with E-state index in [4.69, 9.17) is 0 Å². The molecule has 76 valence electrons. The highest BCUT2D eigenvalue weighted by atomic mass is 127. The molecule has 0 spiro atoms. The minimum absolute atomic E-state index is 0.858. The lowest BCUT2D eigenvalue weighted by Crippen LogP contribution is -2.13. The molecule has 4 heteroatoms. The quantitative estimate of drug-likeness (QED) is 0.699. The molecule has 0 N–H and O–H groups in total. The number of aryl methyl sites for hydroxylation is 3. The Balaban J connectivity index is 2.25. The summed E-state index contributed by atoms with van der Waals surface area (Å²) in [4.78, 5) is 4.42. The van der Waals surface area contributed by atoms with E-state index >= 15 is 0 Å². The molecule has 15 heavy (non-hydrogen) atoms. The SMILES string of the molecule is Cc1nc2n(n1)-c1ccc(I)cc1CC2. The Labute approximate surface area is 102 Å². The molecule has 0 unspecified atom stereocenters. The van der Waals surface area contributed by atoms with E-state index in [9.17, 15) is 0 Å². The molecule has 1 aliphatic rings. The van der Waals surface area contributed by atoms with E-state index in [0.717, 1.165) is 24.5 Å². The fraction of sp³-hybridized carbons (Fsp3) is 0.273. The van der Waals surface area contributed by atoms with Gasteiger partial charge in [-0.15, -0.1) is 0 Å². The van der Waals surface area contributed by atoms with Gasteiger partial charge in [-0.1, -0.05) is 0 Å². The van der Waals surface area contributed by atoms with Crippen molar-refractivity contribution >= 4 is 22.6 Å². The number of rotatable bonds is 0. The Bertz CT molecular complexity index is 531. The number of fused-ring (bicyclic) bond motifs is 3. The molecule has 0 atom stereocenters. The van der Waals surface area contributed by atoms with Crippen LogP contribution in [0.4, 0.5) is 0 Å². The monoisotopic (exact) mass is 311 g/mol. The van der Waals surface area contributed by atoms with Crippen molar-refractivity contribution in [3.05, 3.63) is 39.0 Å². The molecule has 1 aromatic carbocycles. The predicted molar refractivity (Wildman–Crippen MR) is 66.2 cm³/mol. The second-order valence-electron chi connectivity index (χ2n) is 3.76. The average Bonchev–Trinajstić information content (AvgIpc) is 2.58.